The molecule has 0 bridgehead atoms. The van der Waals surface area contributed by atoms with Crippen molar-refractivity contribution in [2.24, 2.45) is 46.3 Å². The molecule has 162 valence electrons. The zero-order valence-corrected chi connectivity index (χ0v) is 19.0. The second-order valence-corrected chi connectivity index (χ2v) is 11.9. The van der Waals surface area contributed by atoms with Gasteiger partial charge in [0, 0.05) is 0 Å². The van der Waals surface area contributed by atoms with Gasteiger partial charge in [-0.2, -0.15) is 0 Å². The van der Waals surface area contributed by atoms with Crippen molar-refractivity contribution in [2.75, 3.05) is 0 Å². The highest BCUT2D eigenvalue weighted by atomic mass is 16.3. The molecule has 0 aliphatic heterocycles. The molecule has 0 amide bonds. The topological polar surface area (TPSA) is 40.5 Å². The van der Waals surface area contributed by atoms with Gasteiger partial charge in [0.15, 0.2) is 0 Å². The Kier molecular flexibility index (Phi) is 5.95. The van der Waals surface area contributed by atoms with Gasteiger partial charge in [0.05, 0.1) is 12.2 Å². The van der Waals surface area contributed by atoms with E-state index in [1.165, 1.54) is 51.4 Å². The Bertz CT molecular complexity index is 547. The normalized spacial score (nSPS) is 50.4. The van der Waals surface area contributed by atoms with Gasteiger partial charge in [-0.3, -0.25) is 0 Å². The predicted molar refractivity (Wildman–Crippen MR) is 116 cm³/mol. The van der Waals surface area contributed by atoms with Crippen LogP contribution in [0, 0.1) is 46.3 Å². The van der Waals surface area contributed by atoms with Gasteiger partial charge in [0.2, 0.25) is 0 Å². The van der Waals surface area contributed by atoms with Crippen molar-refractivity contribution in [1.29, 1.82) is 0 Å². The molecule has 0 heterocycles. The van der Waals surface area contributed by atoms with Gasteiger partial charge >= 0.3 is 0 Å². The van der Waals surface area contributed by atoms with Crippen LogP contribution in [0.15, 0.2) is 0 Å². The van der Waals surface area contributed by atoms with Gasteiger partial charge in [0.25, 0.3) is 0 Å². The van der Waals surface area contributed by atoms with Crippen LogP contribution in [-0.4, -0.2) is 22.4 Å². The summed E-state index contributed by atoms with van der Waals surface area (Å²) in [6.45, 7) is 9.83. The van der Waals surface area contributed by atoms with Crippen LogP contribution in [0.5, 0.6) is 0 Å². The fraction of sp³-hybridized carbons (Fsp3) is 1.00. The van der Waals surface area contributed by atoms with E-state index in [1.807, 2.05) is 0 Å². The molecule has 0 aromatic heterocycles. The molecule has 4 fully saturated rings. The van der Waals surface area contributed by atoms with E-state index in [1.54, 1.807) is 0 Å². The Morgan fingerprint density at radius 2 is 1.61 bits per heavy atom. The Morgan fingerprint density at radius 3 is 2.36 bits per heavy atom. The average molecular weight is 391 g/mol. The van der Waals surface area contributed by atoms with E-state index >= 15 is 0 Å². The van der Waals surface area contributed by atoms with Crippen molar-refractivity contribution in [1.82, 2.24) is 0 Å². The average Bonchev–Trinajstić information content (AvgIpc) is 3.03. The molecule has 0 saturated heterocycles. The minimum absolute atomic E-state index is 0.0290. The third-order valence-electron chi connectivity index (χ3n) is 10.8. The van der Waals surface area contributed by atoms with Crippen molar-refractivity contribution in [3.05, 3.63) is 0 Å². The van der Waals surface area contributed by atoms with E-state index < -0.39 is 0 Å². The highest BCUT2D eigenvalue weighted by molar-refractivity contribution is 5.09. The molecule has 0 aromatic rings. The van der Waals surface area contributed by atoms with Crippen LogP contribution in [0.4, 0.5) is 0 Å². The summed E-state index contributed by atoms with van der Waals surface area (Å²) >= 11 is 0. The minimum Gasteiger partial charge on any atom is -0.393 e. The van der Waals surface area contributed by atoms with Crippen molar-refractivity contribution in [3.8, 4) is 0 Å². The Balaban J connectivity index is 1.47. The number of rotatable bonds is 5. The van der Waals surface area contributed by atoms with Crippen molar-refractivity contribution < 1.29 is 10.2 Å². The van der Waals surface area contributed by atoms with E-state index in [-0.39, 0.29) is 12.2 Å². The van der Waals surface area contributed by atoms with Gasteiger partial charge in [-0.25, -0.2) is 0 Å². The lowest BCUT2D eigenvalue weighted by Crippen LogP contribution is -2.54. The minimum atomic E-state index is -0.0972. The zero-order valence-electron chi connectivity index (χ0n) is 19.0. The summed E-state index contributed by atoms with van der Waals surface area (Å²) in [6.07, 6.45) is 14.9. The molecule has 2 heteroatoms. The lowest BCUT2D eigenvalue weighted by atomic mass is 9.44. The zero-order chi connectivity index (χ0) is 20.1. The SMILES string of the molecule is CC[C@@H](O)CC[C@@H](C)[C@H]1CC[C@H]2[C@@H]3CCC4C[C@@H](O)CC[C@]4(C)[C@H]3CC[C@]12C. The predicted octanol–water partition coefficient (Wildman–Crippen LogP) is 6.19. The standard InChI is InChI=1S/C26H46O2/c1-5-19(27)8-6-17(2)22-10-11-23-21-9-7-18-16-20(28)12-14-25(18,3)24(21)13-15-26(22,23)4/h17-24,27-28H,5-16H2,1-4H3/t17-,18?,19-,20+,21+,22-,23+,24+,25+,26-/m1/s1. The summed E-state index contributed by atoms with van der Waals surface area (Å²) in [4.78, 5) is 0. The largest absolute Gasteiger partial charge is 0.393 e. The second kappa shape index (κ2) is 7.88. The Morgan fingerprint density at radius 1 is 0.893 bits per heavy atom. The van der Waals surface area contributed by atoms with E-state index in [0.29, 0.717) is 10.8 Å². The molecular weight excluding hydrogens is 344 g/mol. The van der Waals surface area contributed by atoms with Crippen LogP contribution in [0.25, 0.3) is 0 Å². The number of hydrogen-bond donors (Lipinski definition) is 2. The van der Waals surface area contributed by atoms with Gasteiger partial charge in [-0.15, -0.1) is 0 Å². The number of aliphatic hydroxyl groups is 2. The summed E-state index contributed by atoms with van der Waals surface area (Å²) in [5, 5.41) is 20.3. The second-order valence-electron chi connectivity index (χ2n) is 11.9. The van der Waals surface area contributed by atoms with Crippen molar-refractivity contribution in [3.63, 3.8) is 0 Å². The molecule has 4 aliphatic rings. The van der Waals surface area contributed by atoms with E-state index in [2.05, 4.69) is 27.7 Å². The quantitative estimate of drug-likeness (QED) is 0.587. The molecule has 0 radical (unpaired) electrons. The number of fused-ring (bicyclic) bond motifs is 5. The van der Waals surface area contributed by atoms with Gasteiger partial charge in [-0.05, 0) is 123 Å². The van der Waals surface area contributed by atoms with Crippen LogP contribution in [0.1, 0.15) is 105 Å². The first kappa shape index (κ1) is 21.2. The third kappa shape index (κ3) is 3.39. The third-order valence-corrected chi connectivity index (χ3v) is 10.8. The summed E-state index contributed by atoms with van der Waals surface area (Å²) in [5.74, 6) is 5.17. The van der Waals surface area contributed by atoms with Gasteiger partial charge < -0.3 is 10.2 Å². The van der Waals surface area contributed by atoms with Gasteiger partial charge in [-0.1, -0.05) is 27.7 Å². The molecule has 1 unspecified atom stereocenters. The van der Waals surface area contributed by atoms with E-state index in [4.69, 9.17) is 0 Å². The molecule has 0 aromatic carbocycles. The lowest BCUT2D eigenvalue weighted by Gasteiger charge is -2.61. The van der Waals surface area contributed by atoms with Crippen LogP contribution < -0.4 is 0 Å². The maximum atomic E-state index is 10.2. The van der Waals surface area contributed by atoms with Crippen molar-refractivity contribution >= 4 is 0 Å². The molecule has 28 heavy (non-hydrogen) atoms. The molecule has 4 saturated carbocycles. The van der Waals surface area contributed by atoms with E-state index in [0.717, 1.165) is 61.2 Å². The van der Waals surface area contributed by atoms with E-state index in [9.17, 15) is 10.2 Å². The van der Waals surface area contributed by atoms with Crippen LogP contribution in [0.3, 0.4) is 0 Å². The fourth-order valence-corrected chi connectivity index (χ4v) is 9.07. The molecule has 2 nitrogen and oxygen atoms in total. The Hall–Kier alpha value is -0.0800. The van der Waals surface area contributed by atoms with Crippen molar-refractivity contribution in [2.45, 2.75) is 117 Å². The fourth-order valence-electron chi connectivity index (χ4n) is 9.07. The summed E-state index contributed by atoms with van der Waals surface area (Å²) in [7, 11) is 0. The van der Waals surface area contributed by atoms with Crippen LogP contribution in [0.2, 0.25) is 0 Å². The van der Waals surface area contributed by atoms with Gasteiger partial charge in [0.1, 0.15) is 0 Å². The molecule has 2 N–H and O–H groups in total. The summed E-state index contributed by atoms with van der Waals surface area (Å²) in [6, 6.07) is 0. The summed E-state index contributed by atoms with van der Waals surface area (Å²) in [5.41, 5.74) is 1.04. The maximum absolute atomic E-state index is 10.2. The number of aliphatic hydroxyl groups excluding tert-OH is 2. The molecular formula is C26H46O2. The molecule has 4 aliphatic carbocycles. The molecule has 0 spiro atoms. The monoisotopic (exact) mass is 390 g/mol. The molecule has 4 rings (SSSR count). The van der Waals surface area contributed by atoms with Crippen LogP contribution >= 0.6 is 0 Å². The maximum Gasteiger partial charge on any atom is 0.0543 e. The highest BCUT2D eigenvalue weighted by Gasteiger charge is 2.60. The first-order chi connectivity index (χ1) is 13.3. The first-order valence-corrected chi connectivity index (χ1v) is 12.7. The smallest absolute Gasteiger partial charge is 0.0543 e. The Labute approximate surface area is 173 Å². The highest BCUT2D eigenvalue weighted by Crippen LogP contribution is 2.68. The number of hydrogen-bond acceptors (Lipinski definition) is 2. The van der Waals surface area contributed by atoms with Crippen LogP contribution in [-0.2, 0) is 0 Å². The molecule has 10 atom stereocenters. The first-order valence-electron chi connectivity index (χ1n) is 12.7. The summed E-state index contributed by atoms with van der Waals surface area (Å²) < 4.78 is 0. The lowest BCUT2D eigenvalue weighted by molar-refractivity contribution is -0.129.